The molecule has 0 aromatic heterocycles. The number of aromatic hydroxyl groups is 4. The Hall–Kier alpha value is -10.7. The molecule has 1 spiro atoms. The molecule has 15 nitrogen and oxygen atoms in total. The van der Waals surface area contributed by atoms with E-state index in [-0.39, 0.29) is 45.0 Å². The number of phenols is 4. The zero-order valence-corrected chi connectivity index (χ0v) is 38.7. The van der Waals surface area contributed by atoms with Crippen molar-refractivity contribution in [2.24, 2.45) is 0 Å². The quantitative estimate of drug-likeness (QED) is 0.0708. The third-order valence-corrected chi connectivity index (χ3v) is 12.9. The molecule has 4 aliphatic heterocycles. The summed E-state index contributed by atoms with van der Waals surface area (Å²) in [7, 11) is 0. The third kappa shape index (κ3) is 8.12. The molecule has 2 aliphatic carbocycles. The summed E-state index contributed by atoms with van der Waals surface area (Å²) in [6.07, 6.45) is 0. The van der Waals surface area contributed by atoms with Crippen molar-refractivity contribution >= 4 is 39.8 Å². The maximum absolute atomic E-state index is 12.5. The van der Waals surface area contributed by atoms with Gasteiger partial charge in [0, 0.05) is 86.1 Å². The van der Waals surface area contributed by atoms with Gasteiger partial charge in [0.15, 0.2) is 16.5 Å². The zero-order chi connectivity index (χ0) is 52.3. The van der Waals surface area contributed by atoms with E-state index in [2.05, 4.69) is 0 Å². The Morgan fingerprint density at radius 1 is 0.400 bits per heavy atom. The van der Waals surface area contributed by atoms with E-state index in [0.717, 1.165) is 0 Å². The summed E-state index contributed by atoms with van der Waals surface area (Å²) >= 11 is 0. The summed E-state index contributed by atoms with van der Waals surface area (Å²) in [6.45, 7) is 0. The molecule has 366 valence electrons. The second kappa shape index (κ2) is 18.2. The molecule has 4 heterocycles. The third-order valence-electron chi connectivity index (χ3n) is 12.9. The summed E-state index contributed by atoms with van der Waals surface area (Å²) in [6, 6.07) is 48.0. The van der Waals surface area contributed by atoms with Gasteiger partial charge in [0.2, 0.25) is 0 Å². The Bertz CT molecular complexity index is 3990. The minimum atomic E-state index is -1.17. The van der Waals surface area contributed by atoms with Crippen LogP contribution in [0.25, 0.3) is 66.8 Å². The van der Waals surface area contributed by atoms with Crippen molar-refractivity contribution in [1.29, 1.82) is 0 Å². The number of ether oxygens (including phenoxy) is 2. The van der Waals surface area contributed by atoms with Crippen LogP contribution in [0.3, 0.4) is 0 Å². The minimum absolute atomic E-state index is 0.0198. The van der Waals surface area contributed by atoms with Crippen LogP contribution in [0.2, 0.25) is 0 Å². The van der Waals surface area contributed by atoms with Gasteiger partial charge in [-0.05, 0) is 102 Å². The van der Waals surface area contributed by atoms with Gasteiger partial charge in [0.25, 0.3) is 0 Å². The molecule has 0 saturated heterocycles. The Morgan fingerprint density at radius 3 is 1.28 bits per heavy atom. The van der Waals surface area contributed by atoms with Crippen LogP contribution >= 0.6 is 0 Å². The standard InChI is InChI=1S/3C20H12O5/c21-11-5-7-15-17(9-11)24-18-10-12(22)6-8-16(18)20(15)14-4-2-1-3-13(14)19(23)25-20;2*21-11-5-7-15-17(9-11)25-18-10-12(22)6-8-16(18)19(15)13-3-1-2-4-14(13)20(23)24/h1-10,21-22H;2*1-10,21H,(H,23,24). The van der Waals surface area contributed by atoms with E-state index >= 15 is 0 Å². The van der Waals surface area contributed by atoms with Gasteiger partial charge in [-0.1, -0.05) is 54.6 Å². The lowest BCUT2D eigenvalue weighted by atomic mass is 9.77. The molecule has 0 bridgehead atoms. The highest BCUT2D eigenvalue weighted by Crippen LogP contribution is 2.57. The maximum Gasteiger partial charge on any atom is 0.340 e. The number of carboxylic acid groups (broad SMARTS) is 2. The minimum Gasteiger partial charge on any atom is -0.508 e. The van der Waals surface area contributed by atoms with Gasteiger partial charge in [0.05, 0.1) is 16.7 Å². The van der Waals surface area contributed by atoms with Gasteiger partial charge in [-0.15, -0.1) is 0 Å². The molecular weight excluding hydrogens is 961 g/mol. The van der Waals surface area contributed by atoms with Crippen LogP contribution in [0.15, 0.2) is 200 Å². The fourth-order valence-corrected chi connectivity index (χ4v) is 9.73. The summed E-state index contributed by atoms with van der Waals surface area (Å²) in [5, 5.41) is 59.5. The molecule has 7 aromatic rings. The normalized spacial score (nSPS) is 12.6. The number of carbonyl (C=O) groups is 3. The van der Waals surface area contributed by atoms with Gasteiger partial charge in [-0.25, -0.2) is 14.4 Å². The lowest BCUT2D eigenvalue weighted by molar-refractivity contribution is 0.0223. The number of carboxylic acids is 2. The van der Waals surface area contributed by atoms with Gasteiger partial charge >= 0.3 is 17.9 Å². The van der Waals surface area contributed by atoms with Gasteiger partial charge in [0.1, 0.15) is 57.2 Å². The lowest BCUT2D eigenvalue weighted by Crippen LogP contribution is -2.32. The number of aromatic carboxylic acids is 2. The second-order valence-electron chi connectivity index (χ2n) is 17.4. The van der Waals surface area contributed by atoms with E-state index in [1.807, 2.05) is 12.1 Å². The molecule has 0 unspecified atom stereocenters. The highest BCUT2D eigenvalue weighted by molar-refractivity contribution is 6.09. The molecular formula is C60H36O15. The van der Waals surface area contributed by atoms with Crippen molar-refractivity contribution in [3.05, 3.63) is 236 Å². The van der Waals surface area contributed by atoms with Crippen LogP contribution in [0.1, 0.15) is 47.8 Å². The van der Waals surface area contributed by atoms with E-state index in [4.69, 9.17) is 18.3 Å². The highest BCUT2D eigenvalue weighted by Gasteiger charge is 2.53. The van der Waals surface area contributed by atoms with E-state index < -0.39 is 23.5 Å². The van der Waals surface area contributed by atoms with Crippen molar-refractivity contribution in [2.45, 2.75) is 5.60 Å². The first-order valence-corrected chi connectivity index (χ1v) is 22.9. The smallest absolute Gasteiger partial charge is 0.340 e. The molecule has 15 heteroatoms. The van der Waals surface area contributed by atoms with Gasteiger partial charge < -0.3 is 48.9 Å². The first-order chi connectivity index (χ1) is 36.2. The number of hydrogen-bond acceptors (Lipinski definition) is 13. The zero-order valence-electron chi connectivity index (χ0n) is 38.7. The average molecular weight is 997 g/mol. The Labute approximate surface area is 422 Å². The van der Waals surface area contributed by atoms with Crippen molar-refractivity contribution in [3.63, 3.8) is 0 Å². The summed E-state index contributed by atoms with van der Waals surface area (Å²) < 4.78 is 23.3. The Balaban J connectivity index is 0.000000120. The number of phenolic OH excluding ortho intramolecular Hbond substituents is 4. The summed E-state index contributed by atoms with van der Waals surface area (Å²) in [5.41, 5.74) is 5.48. The van der Waals surface area contributed by atoms with Crippen molar-refractivity contribution in [3.8, 4) is 79.4 Å². The van der Waals surface area contributed by atoms with Crippen molar-refractivity contribution in [1.82, 2.24) is 0 Å². The van der Waals surface area contributed by atoms with Crippen LogP contribution < -0.4 is 15.6 Å². The van der Waals surface area contributed by atoms with E-state index in [0.29, 0.717) is 101 Å². The number of rotatable bonds is 4. The van der Waals surface area contributed by atoms with Gasteiger partial charge in [-0.2, -0.15) is 0 Å². The van der Waals surface area contributed by atoms with Crippen LogP contribution in [-0.4, -0.2) is 48.5 Å². The Kier molecular flexibility index (Phi) is 11.3. The molecule has 6 N–H and O–H groups in total. The summed E-state index contributed by atoms with van der Waals surface area (Å²) in [4.78, 5) is 59.3. The fourth-order valence-electron chi connectivity index (χ4n) is 9.73. The first-order valence-electron chi connectivity index (χ1n) is 22.9. The maximum atomic E-state index is 12.5. The number of carbonyl (C=O) groups excluding carboxylic acids is 1. The van der Waals surface area contributed by atoms with Crippen molar-refractivity contribution < 1.29 is 63.3 Å². The summed E-state index contributed by atoms with van der Waals surface area (Å²) in [5.74, 6) is -0.973. The largest absolute Gasteiger partial charge is 0.508 e. The fraction of sp³-hybridized carbons (Fsp3) is 0.0167. The molecule has 7 aromatic carbocycles. The highest BCUT2D eigenvalue weighted by atomic mass is 16.6. The van der Waals surface area contributed by atoms with Crippen LogP contribution in [0.4, 0.5) is 0 Å². The number of esters is 1. The molecule has 0 amide bonds. The van der Waals surface area contributed by atoms with Crippen LogP contribution in [0, 0.1) is 0 Å². The number of hydrogen-bond donors (Lipinski definition) is 6. The van der Waals surface area contributed by atoms with E-state index in [1.54, 1.807) is 84.9 Å². The SMILES string of the molecule is O=C(O)c1ccccc1-c1c2ccc(=O)cc-2oc2cc(O)ccc12.O=C(O)c1ccccc1-c1c2ccc(=O)cc-2oc2cc(O)ccc12.O=C1OC2(c3ccc(O)cc3Oc3cc(O)ccc32)c2ccccc21. The van der Waals surface area contributed by atoms with Crippen LogP contribution in [-0.2, 0) is 10.3 Å². The molecule has 0 fully saturated rings. The van der Waals surface area contributed by atoms with Crippen LogP contribution in [0.5, 0.6) is 34.5 Å². The monoisotopic (exact) mass is 996 g/mol. The number of fused-ring (bicyclic) bond motifs is 10. The number of benzene rings is 9. The Morgan fingerprint density at radius 2 is 0.813 bits per heavy atom. The molecule has 0 saturated carbocycles. The van der Waals surface area contributed by atoms with Crippen molar-refractivity contribution in [2.75, 3.05) is 0 Å². The average Bonchev–Trinajstić information content (AvgIpc) is 3.69. The molecule has 75 heavy (non-hydrogen) atoms. The predicted molar refractivity (Wildman–Crippen MR) is 274 cm³/mol. The van der Waals surface area contributed by atoms with E-state index in [9.17, 15) is 54.6 Å². The first kappa shape index (κ1) is 46.7. The molecule has 13 rings (SSSR count). The lowest BCUT2D eigenvalue weighted by Gasteiger charge is -2.36. The van der Waals surface area contributed by atoms with E-state index in [1.165, 1.54) is 84.9 Å². The topological polar surface area (TPSA) is 251 Å². The predicted octanol–water partition coefficient (Wildman–Crippen LogP) is 11.6. The molecule has 0 atom stereocenters. The second-order valence-corrected chi connectivity index (χ2v) is 17.4. The molecule has 6 aliphatic rings. The van der Waals surface area contributed by atoms with Gasteiger partial charge in [-0.3, -0.25) is 9.59 Å². The molecule has 0 radical (unpaired) electrons.